The molecule has 1 unspecified atom stereocenters. The maximum atomic E-state index is 9.75. The molecule has 2 bridgehead atoms. The first-order chi connectivity index (χ1) is 22.9. The minimum absolute atomic E-state index is 0. The number of allylic oxidation sites excluding steroid dienone is 2. The van der Waals surface area contributed by atoms with E-state index >= 15 is 0 Å². The number of fused-ring (bicyclic) bond motifs is 3. The fourth-order valence-electron chi connectivity index (χ4n) is 6.79. The molecule has 1 saturated heterocycles. The van der Waals surface area contributed by atoms with Crippen LogP contribution in [0.5, 0.6) is 0 Å². The van der Waals surface area contributed by atoms with Gasteiger partial charge >= 0.3 is 27.7 Å². The minimum Gasteiger partial charge on any atom is -0.418 e. The van der Waals surface area contributed by atoms with E-state index in [-0.39, 0.29) is 36.3 Å². The number of nitrogens with zero attached hydrogens (tertiary/aromatic N) is 1. The Labute approximate surface area is 305 Å². The van der Waals surface area contributed by atoms with E-state index in [1.165, 1.54) is 33.4 Å². The number of rotatable bonds is 6. The van der Waals surface area contributed by atoms with Gasteiger partial charge in [0, 0.05) is 17.4 Å². The summed E-state index contributed by atoms with van der Waals surface area (Å²) in [5.74, 6) is 0. The van der Waals surface area contributed by atoms with Crippen LogP contribution in [0.2, 0.25) is 0 Å². The van der Waals surface area contributed by atoms with E-state index in [0.29, 0.717) is 6.04 Å². The van der Waals surface area contributed by atoms with Crippen LogP contribution in [0, 0.1) is 6.07 Å². The van der Waals surface area contributed by atoms with Crippen LogP contribution < -0.4 is 15.9 Å². The maximum absolute atomic E-state index is 9.75. The van der Waals surface area contributed by atoms with Gasteiger partial charge in [0.15, 0.2) is 0 Å². The van der Waals surface area contributed by atoms with Gasteiger partial charge in [-0.1, -0.05) is 128 Å². The predicted octanol–water partition coefficient (Wildman–Crippen LogP) is 10.3. The Bertz CT molecular complexity index is 1760. The van der Waals surface area contributed by atoms with Crippen LogP contribution in [0.4, 0.5) is 17.3 Å². The van der Waals surface area contributed by atoms with Crippen molar-refractivity contribution in [1.29, 1.82) is 0 Å². The van der Waals surface area contributed by atoms with E-state index in [1.807, 2.05) is 0 Å². The Kier molecular flexibility index (Phi) is 14.0. The van der Waals surface area contributed by atoms with E-state index in [0.717, 1.165) is 17.0 Å². The molecule has 1 nitrogen and oxygen atoms in total. The third kappa shape index (κ3) is 9.79. The van der Waals surface area contributed by atoms with Crippen molar-refractivity contribution < 1.29 is 37.7 Å². The van der Waals surface area contributed by atoms with E-state index in [1.54, 1.807) is 16.5 Å². The van der Waals surface area contributed by atoms with Crippen LogP contribution >= 0.6 is 15.8 Å². The van der Waals surface area contributed by atoms with Crippen LogP contribution in [-0.4, -0.2) is 43.2 Å². The molecule has 5 atom stereocenters. The van der Waals surface area contributed by atoms with Crippen molar-refractivity contribution in [2.75, 3.05) is 14.1 Å². The normalized spacial score (nSPS) is 20.3. The first-order valence-electron chi connectivity index (χ1n) is 16.3. The van der Waals surface area contributed by atoms with E-state index < -0.39 is 7.25 Å². The topological polar surface area (TPSA) is 3.24 Å². The third-order valence-corrected chi connectivity index (χ3v) is 16.0. The van der Waals surface area contributed by atoms with Crippen molar-refractivity contribution in [3.8, 4) is 0 Å². The molecule has 2 aliphatic rings. The van der Waals surface area contributed by atoms with E-state index in [4.69, 9.17) is 0 Å². The first-order valence-corrected chi connectivity index (χ1v) is 19.2. The van der Waals surface area contributed by atoms with Gasteiger partial charge in [-0.3, -0.25) is 0 Å². The van der Waals surface area contributed by atoms with Gasteiger partial charge < -0.3 is 22.2 Å². The summed E-state index contributed by atoms with van der Waals surface area (Å²) in [6.45, 7) is 7.02. The van der Waals surface area contributed by atoms with Crippen molar-refractivity contribution >= 4 is 49.8 Å². The van der Waals surface area contributed by atoms with E-state index in [2.05, 4.69) is 173 Å². The Morgan fingerprint density at radius 2 is 1.20 bits per heavy atom. The van der Waals surface area contributed by atoms with Crippen LogP contribution in [0.3, 0.4) is 0 Å². The molecule has 7 rings (SSSR count). The van der Waals surface area contributed by atoms with Crippen molar-refractivity contribution in [2.24, 2.45) is 0 Å². The molecule has 258 valence electrons. The number of hydrogen-bond acceptors (Lipinski definition) is 1. The second kappa shape index (κ2) is 17.5. The predicted molar refractivity (Wildman–Crippen MR) is 201 cm³/mol. The molecule has 2 aliphatic heterocycles. The molecular formula is C40H42BF4NP2Pd. The molecule has 0 aliphatic carbocycles. The quantitative estimate of drug-likeness (QED) is 0.0545. The second-order valence-corrected chi connectivity index (χ2v) is 17.5. The molecular weight excluding hydrogens is 750 g/mol. The van der Waals surface area contributed by atoms with Crippen molar-refractivity contribution in [3.63, 3.8) is 0 Å². The Morgan fingerprint density at radius 3 is 1.71 bits per heavy atom. The second-order valence-electron chi connectivity index (χ2n) is 12.6. The average Bonchev–Trinajstić information content (AvgIpc) is 3.58. The molecule has 0 saturated carbocycles. The largest absolute Gasteiger partial charge is 2.00 e. The Morgan fingerprint density at radius 1 is 0.735 bits per heavy atom. The summed E-state index contributed by atoms with van der Waals surface area (Å²) in [7, 11) is -2.31. The molecule has 5 aromatic rings. The Hall–Kier alpha value is -2.63. The number of halogens is 4. The standard InChI is InChI=1S/C26H26P2.C14H16N.BF4.Pd/c1-19-20(2)26-25(18-24(19)28(26)23-16-10-5-11-17-23)27(21-12-6-3-7-13-21)22-14-8-4-9-15-22;1-11(15(2)3)13-9-8-12-6-4-5-7-14(12)10-13;2-1(3,4)5;/h3-17,24-26H,18H2,1-2H3;4-8,10-11H,1-3H3;;/q;2*-1;+2/t24-,25+,26-,28?;11-;;/m10../s1. The first kappa shape index (κ1) is 39.2. The zero-order valence-electron chi connectivity index (χ0n) is 28.4. The smallest absolute Gasteiger partial charge is 0.418 e. The molecule has 5 aromatic carbocycles. The fraction of sp³-hybridized carbons (Fsp3) is 0.250. The Balaban J connectivity index is 0.000000217. The van der Waals surface area contributed by atoms with Gasteiger partial charge in [-0.05, 0) is 70.8 Å². The molecule has 0 N–H and O–H groups in total. The molecule has 9 heteroatoms. The monoisotopic (exact) mass is 791 g/mol. The average molecular weight is 792 g/mol. The number of hydrogen-bond donors (Lipinski definition) is 0. The van der Waals surface area contributed by atoms with Gasteiger partial charge in [0.05, 0.1) is 0 Å². The van der Waals surface area contributed by atoms with Crippen LogP contribution in [0.15, 0.2) is 139 Å². The summed E-state index contributed by atoms with van der Waals surface area (Å²) in [5.41, 5.74) is 6.88. The van der Waals surface area contributed by atoms with Crippen LogP contribution in [0.1, 0.15) is 38.8 Å². The molecule has 0 amide bonds. The van der Waals surface area contributed by atoms with Gasteiger partial charge in [-0.2, -0.15) is 18.2 Å². The van der Waals surface area contributed by atoms with E-state index in [9.17, 15) is 17.3 Å². The van der Waals surface area contributed by atoms with Gasteiger partial charge in [-0.15, -0.1) is 22.4 Å². The molecule has 0 spiro atoms. The van der Waals surface area contributed by atoms with Gasteiger partial charge in [-0.25, -0.2) is 0 Å². The SMILES string of the molecule is CC1=C(C)[C@@H]2[C@@H](P(c3ccccc3)c3ccccc3)C[C@H]1P2c1ccccc1.C[C@@H](c1[c-]cc2ccccc2c1)N(C)C.F[B-](F)(F)F.[Pd+2]. The zero-order valence-corrected chi connectivity index (χ0v) is 31.7. The summed E-state index contributed by atoms with van der Waals surface area (Å²) in [6.07, 6.45) is 1.35. The molecule has 0 radical (unpaired) electrons. The maximum Gasteiger partial charge on any atom is 2.00 e. The third-order valence-electron chi connectivity index (χ3n) is 9.41. The van der Waals surface area contributed by atoms with Crippen molar-refractivity contribution in [1.82, 2.24) is 4.90 Å². The summed E-state index contributed by atoms with van der Waals surface area (Å²) >= 11 is 0. The van der Waals surface area contributed by atoms with Crippen molar-refractivity contribution in [3.05, 3.63) is 150 Å². The van der Waals surface area contributed by atoms with Gasteiger partial charge in [0.1, 0.15) is 0 Å². The fourth-order valence-corrected chi connectivity index (χ4v) is 14.5. The molecule has 1 fully saturated rings. The summed E-state index contributed by atoms with van der Waals surface area (Å²) in [5, 5.41) is 7.22. The van der Waals surface area contributed by atoms with Gasteiger partial charge in [0.2, 0.25) is 0 Å². The summed E-state index contributed by atoms with van der Waals surface area (Å²) in [6, 6.07) is 50.5. The van der Waals surface area contributed by atoms with Gasteiger partial charge in [0.25, 0.3) is 0 Å². The molecule has 2 heterocycles. The zero-order chi connectivity index (χ0) is 34.4. The summed E-state index contributed by atoms with van der Waals surface area (Å²) in [4.78, 5) is 2.20. The van der Waals surface area contributed by atoms with Crippen LogP contribution in [0.25, 0.3) is 10.8 Å². The summed E-state index contributed by atoms with van der Waals surface area (Å²) < 4.78 is 39.0. The van der Waals surface area contributed by atoms with Crippen LogP contribution in [-0.2, 0) is 20.4 Å². The minimum atomic E-state index is -6.00. The molecule has 49 heavy (non-hydrogen) atoms. The van der Waals surface area contributed by atoms with Crippen molar-refractivity contribution in [2.45, 2.75) is 50.2 Å². The molecule has 0 aromatic heterocycles. The number of benzene rings is 5.